The highest BCUT2D eigenvalue weighted by Crippen LogP contribution is 1.90. The van der Waals surface area contributed by atoms with Crippen molar-refractivity contribution >= 4 is 17.3 Å². The van der Waals surface area contributed by atoms with Crippen molar-refractivity contribution in [3.05, 3.63) is 0 Å². The van der Waals surface area contributed by atoms with Gasteiger partial charge in [-0.1, -0.05) is 0 Å². The van der Waals surface area contributed by atoms with E-state index in [4.69, 9.17) is 17.0 Å². The Bertz CT molecular complexity index is 142. The number of nitrogens with one attached hydrogen (secondary N) is 1. The SMILES string of the molecule is CCNC(=S)N(CC)CCOCC. The molecular formula is C9H20N2OS. The molecule has 0 radical (unpaired) electrons. The fourth-order valence-electron chi connectivity index (χ4n) is 0.985. The summed E-state index contributed by atoms with van der Waals surface area (Å²) < 4.78 is 5.27. The van der Waals surface area contributed by atoms with E-state index in [2.05, 4.69) is 17.1 Å². The van der Waals surface area contributed by atoms with Crippen LogP contribution in [-0.4, -0.2) is 42.9 Å². The lowest BCUT2D eigenvalue weighted by atomic mass is 10.5. The molecule has 0 amide bonds. The number of ether oxygens (including phenoxy) is 1. The van der Waals surface area contributed by atoms with Gasteiger partial charge in [-0.2, -0.15) is 0 Å². The third-order valence-corrected chi connectivity index (χ3v) is 2.11. The molecule has 0 heterocycles. The number of hydrogen-bond acceptors (Lipinski definition) is 2. The molecule has 0 aromatic heterocycles. The Morgan fingerprint density at radius 1 is 1.38 bits per heavy atom. The molecule has 0 atom stereocenters. The van der Waals surface area contributed by atoms with E-state index in [-0.39, 0.29) is 0 Å². The maximum absolute atomic E-state index is 5.27. The number of nitrogens with zero attached hydrogens (tertiary/aromatic N) is 1. The lowest BCUT2D eigenvalue weighted by molar-refractivity contribution is 0.133. The first-order valence-corrected chi connectivity index (χ1v) is 5.27. The summed E-state index contributed by atoms with van der Waals surface area (Å²) in [6.07, 6.45) is 0. The minimum Gasteiger partial charge on any atom is -0.380 e. The van der Waals surface area contributed by atoms with Crippen LogP contribution in [0, 0.1) is 0 Å². The molecule has 13 heavy (non-hydrogen) atoms. The van der Waals surface area contributed by atoms with Crippen LogP contribution in [-0.2, 0) is 4.74 Å². The zero-order chi connectivity index (χ0) is 10.1. The van der Waals surface area contributed by atoms with Gasteiger partial charge in [0.15, 0.2) is 5.11 Å². The van der Waals surface area contributed by atoms with E-state index in [1.54, 1.807) is 0 Å². The number of thiocarbonyl (C=S) groups is 1. The molecular weight excluding hydrogens is 184 g/mol. The van der Waals surface area contributed by atoms with Crippen molar-refractivity contribution in [2.45, 2.75) is 20.8 Å². The molecule has 4 heteroatoms. The first-order chi connectivity index (χ1) is 6.26. The van der Waals surface area contributed by atoms with Crippen LogP contribution in [0.1, 0.15) is 20.8 Å². The van der Waals surface area contributed by atoms with Crippen molar-refractivity contribution in [2.24, 2.45) is 0 Å². The summed E-state index contributed by atoms with van der Waals surface area (Å²) in [7, 11) is 0. The van der Waals surface area contributed by atoms with Crippen LogP contribution < -0.4 is 5.32 Å². The Kier molecular flexibility index (Phi) is 8.04. The molecule has 0 unspecified atom stereocenters. The predicted octanol–water partition coefficient (Wildman–Crippen LogP) is 1.24. The smallest absolute Gasteiger partial charge is 0.168 e. The first kappa shape index (κ1) is 12.7. The van der Waals surface area contributed by atoms with Crippen molar-refractivity contribution in [2.75, 3.05) is 32.8 Å². The average molecular weight is 204 g/mol. The molecule has 0 aromatic rings. The molecule has 0 saturated carbocycles. The number of hydrogen-bond donors (Lipinski definition) is 1. The number of rotatable bonds is 6. The highest BCUT2D eigenvalue weighted by molar-refractivity contribution is 7.80. The summed E-state index contributed by atoms with van der Waals surface area (Å²) in [5.41, 5.74) is 0. The van der Waals surface area contributed by atoms with Gasteiger partial charge in [-0.25, -0.2) is 0 Å². The third kappa shape index (κ3) is 5.82. The molecule has 1 N–H and O–H groups in total. The second-order valence-electron chi connectivity index (χ2n) is 2.61. The van der Waals surface area contributed by atoms with Gasteiger partial charge in [-0.15, -0.1) is 0 Å². The van der Waals surface area contributed by atoms with Crippen LogP contribution in [0.3, 0.4) is 0 Å². The third-order valence-electron chi connectivity index (χ3n) is 1.71. The van der Waals surface area contributed by atoms with E-state index in [0.717, 1.165) is 38.0 Å². The Hall–Kier alpha value is -0.350. The van der Waals surface area contributed by atoms with Crippen LogP contribution in [0.4, 0.5) is 0 Å². The highest BCUT2D eigenvalue weighted by atomic mass is 32.1. The summed E-state index contributed by atoms with van der Waals surface area (Å²) in [5, 5.41) is 3.95. The largest absolute Gasteiger partial charge is 0.380 e. The maximum atomic E-state index is 5.27. The predicted molar refractivity (Wildman–Crippen MR) is 60.0 cm³/mol. The summed E-state index contributed by atoms with van der Waals surface area (Å²) in [6.45, 7) is 10.3. The quantitative estimate of drug-likeness (QED) is 0.520. The van der Waals surface area contributed by atoms with Gasteiger partial charge in [-0.3, -0.25) is 0 Å². The topological polar surface area (TPSA) is 24.5 Å². The molecule has 0 aliphatic carbocycles. The standard InChI is InChI=1S/C9H20N2OS/c1-4-10-9(13)11(5-2)7-8-12-6-3/h4-8H2,1-3H3,(H,10,13). The molecule has 0 rings (SSSR count). The van der Waals surface area contributed by atoms with Crippen molar-refractivity contribution in [3.8, 4) is 0 Å². The van der Waals surface area contributed by atoms with Crippen molar-refractivity contribution in [3.63, 3.8) is 0 Å². The fraction of sp³-hybridized carbons (Fsp3) is 0.889. The van der Waals surface area contributed by atoms with Gasteiger partial charge in [0, 0.05) is 26.2 Å². The lowest BCUT2D eigenvalue weighted by Gasteiger charge is -2.23. The maximum Gasteiger partial charge on any atom is 0.168 e. The van der Waals surface area contributed by atoms with Crippen LogP contribution >= 0.6 is 12.2 Å². The van der Waals surface area contributed by atoms with Crippen molar-refractivity contribution in [1.29, 1.82) is 0 Å². The Balaban J connectivity index is 3.67. The fourth-order valence-corrected chi connectivity index (χ4v) is 1.35. The Morgan fingerprint density at radius 2 is 2.08 bits per heavy atom. The monoisotopic (exact) mass is 204 g/mol. The van der Waals surface area contributed by atoms with Gasteiger partial charge in [0.25, 0.3) is 0 Å². The molecule has 3 nitrogen and oxygen atoms in total. The summed E-state index contributed by atoms with van der Waals surface area (Å²) in [6, 6.07) is 0. The highest BCUT2D eigenvalue weighted by Gasteiger charge is 2.04. The molecule has 0 bridgehead atoms. The minimum absolute atomic E-state index is 0.746. The van der Waals surface area contributed by atoms with E-state index < -0.39 is 0 Å². The first-order valence-electron chi connectivity index (χ1n) is 4.86. The van der Waals surface area contributed by atoms with E-state index >= 15 is 0 Å². The molecule has 0 fully saturated rings. The van der Waals surface area contributed by atoms with Gasteiger partial charge in [-0.05, 0) is 33.0 Å². The van der Waals surface area contributed by atoms with Crippen LogP contribution in [0.5, 0.6) is 0 Å². The minimum atomic E-state index is 0.746. The van der Waals surface area contributed by atoms with Gasteiger partial charge >= 0.3 is 0 Å². The molecule has 0 aliphatic heterocycles. The van der Waals surface area contributed by atoms with E-state index in [0.29, 0.717) is 0 Å². The summed E-state index contributed by atoms with van der Waals surface area (Å²) in [4.78, 5) is 2.11. The molecule has 0 aliphatic rings. The Labute approximate surface area is 86.4 Å². The van der Waals surface area contributed by atoms with Gasteiger partial charge in [0.1, 0.15) is 0 Å². The van der Waals surface area contributed by atoms with Gasteiger partial charge in [0.2, 0.25) is 0 Å². The normalized spacial score (nSPS) is 9.77. The molecule has 0 saturated heterocycles. The summed E-state index contributed by atoms with van der Waals surface area (Å²) >= 11 is 5.18. The number of likely N-dealkylation sites (N-methyl/N-ethyl adjacent to an activating group) is 1. The second-order valence-corrected chi connectivity index (χ2v) is 3.00. The zero-order valence-electron chi connectivity index (χ0n) is 8.80. The van der Waals surface area contributed by atoms with Gasteiger partial charge < -0.3 is 15.0 Å². The molecule has 78 valence electrons. The van der Waals surface area contributed by atoms with E-state index in [1.165, 1.54) is 0 Å². The average Bonchev–Trinajstić information content (AvgIpc) is 2.13. The van der Waals surface area contributed by atoms with Crippen molar-refractivity contribution < 1.29 is 4.74 Å². The summed E-state index contributed by atoms with van der Waals surface area (Å²) in [5.74, 6) is 0. The van der Waals surface area contributed by atoms with Gasteiger partial charge in [0.05, 0.1) is 6.61 Å². The van der Waals surface area contributed by atoms with Crippen LogP contribution in [0.15, 0.2) is 0 Å². The van der Waals surface area contributed by atoms with E-state index in [1.807, 2.05) is 13.8 Å². The van der Waals surface area contributed by atoms with Crippen LogP contribution in [0.25, 0.3) is 0 Å². The lowest BCUT2D eigenvalue weighted by Crippen LogP contribution is -2.41. The molecule has 0 aromatic carbocycles. The van der Waals surface area contributed by atoms with Crippen LogP contribution in [0.2, 0.25) is 0 Å². The molecule has 0 spiro atoms. The van der Waals surface area contributed by atoms with E-state index in [9.17, 15) is 0 Å². The second kappa shape index (κ2) is 8.26. The Morgan fingerprint density at radius 3 is 2.54 bits per heavy atom. The zero-order valence-corrected chi connectivity index (χ0v) is 9.62. The van der Waals surface area contributed by atoms with Crippen molar-refractivity contribution in [1.82, 2.24) is 10.2 Å².